The SMILES string of the molecule is NC(=O)S.O=C(S)N(C(F)C(F)F)C(F)C(F)F.[H-].[Li+]. The molecule has 0 aromatic heterocycles. The monoisotopic (exact) mass is 326 g/mol. The third-order valence-corrected chi connectivity index (χ3v) is 1.40. The zero-order valence-electron chi connectivity index (χ0n) is 10.3. The van der Waals surface area contributed by atoms with Crippen LogP contribution < -0.4 is 24.6 Å². The van der Waals surface area contributed by atoms with Crippen LogP contribution in [0.2, 0.25) is 0 Å². The number of nitrogens with zero attached hydrogens (tertiary/aromatic N) is 1. The fraction of sp³-hybridized carbons (Fsp3) is 0.667. The van der Waals surface area contributed by atoms with Crippen LogP contribution in [0.15, 0.2) is 0 Å². The van der Waals surface area contributed by atoms with Crippen LogP contribution in [-0.2, 0) is 0 Å². The minimum Gasteiger partial charge on any atom is -1.00 e. The molecule has 0 aromatic rings. The van der Waals surface area contributed by atoms with Gasteiger partial charge < -0.3 is 7.16 Å². The Labute approximate surface area is 128 Å². The van der Waals surface area contributed by atoms with Gasteiger partial charge in [-0.25, -0.2) is 26.3 Å². The number of thiol groups is 2. The van der Waals surface area contributed by atoms with Crippen LogP contribution in [0, 0.1) is 0 Å². The average molecular weight is 326 g/mol. The first-order valence-electron chi connectivity index (χ1n) is 3.86. The number of carbonyl (C=O) groups excluding carboxylic acids is 2. The molecule has 2 atom stereocenters. The van der Waals surface area contributed by atoms with E-state index in [1.807, 2.05) is 0 Å². The number of halogens is 6. The molecule has 19 heavy (non-hydrogen) atoms. The summed E-state index contributed by atoms with van der Waals surface area (Å²) in [6.07, 6.45) is -14.4. The van der Waals surface area contributed by atoms with Crippen molar-refractivity contribution in [3.63, 3.8) is 0 Å². The number of hydrogen-bond acceptors (Lipinski definition) is 2. The third-order valence-electron chi connectivity index (χ3n) is 1.17. The standard InChI is InChI=1S/C5H5F6NOS.CH3NOS.Li.H/c6-1(7)3(10)12(5(13)14)4(11)2(8)9;2-1(3)4;;/h1-4H,(H,13,14);(H3,2,3,4);;/q;;+1;-1. The maximum Gasteiger partial charge on any atom is 1.00 e. The van der Waals surface area contributed by atoms with Crippen molar-refractivity contribution in [1.29, 1.82) is 0 Å². The molecule has 0 aliphatic rings. The molecular formula is C6H9F6LiN2O2S2. The predicted octanol–water partition coefficient (Wildman–Crippen LogP) is -0.429. The smallest absolute Gasteiger partial charge is 1.00 e. The van der Waals surface area contributed by atoms with Crippen molar-refractivity contribution in [2.75, 3.05) is 0 Å². The Kier molecular flexibility index (Phi) is 14.6. The number of amides is 2. The second-order valence-corrected chi connectivity index (χ2v) is 3.27. The molecule has 0 spiro atoms. The summed E-state index contributed by atoms with van der Waals surface area (Å²) in [7, 11) is 0. The second kappa shape index (κ2) is 11.6. The fourth-order valence-corrected chi connectivity index (χ4v) is 0.810. The van der Waals surface area contributed by atoms with Gasteiger partial charge in [0.25, 0.3) is 23.3 Å². The Morgan fingerprint density at radius 2 is 1.16 bits per heavy atom. The van der Waals surface area contributed by atoms with Gasteiger partial charge in [-0.2, -0.15) is 0 Å². The van der Waals surface area contributed by atoms with E-state index < -0.39 is 40.8 Å². The number of primary amides is 1. The van der Waals surface area contributed by atoms with Gasteiger partial charge in [0.05, 0.1) is 0 Å². The number of alkyl halides is 6. The predicted molar refractivity (Wildman–Crippen MR) is 57.7 cm³/mol. The van der Waals surface area contributed by atoms with Gasteiger partial charge in [0.2, 0.25) is 12.6 Å². The molecule has 110 valence electrons. The minimum absolute atomic E-state index is 0. The van der Waals surface area contributed by atoms with Crippen LogP contribution in [0.25, 0.3) is 0 Å². The summed E-state index contributed by atoms with van der Waals surface area (Å²) >= 11 is 5.91. The molecule has 2 amide bonds. The molecule has 0 aliphatic carbocycles. The molecule has 4 nitrogen and oxygen atoms in total. The van der Waals surface area contributed by atoms with Crippen molar-refractivity contribution in [1.82, 2.24) is 4.90 Å². The van der Waals surface area contributed by atoms with Crippen LogP contribution in [0.3, 0.4) is 0 Å². The number of rotatable bonds is 4. The first-order valence-corrected chi connectivity index (χ1v) is 4.75. The van der Waals surface area contributed by atoms with E-state index in [0.29, 0.717) is 0 Å². The van der Waals surface area contributed by atoms with E-state index >= 15 is 0 Å². The van der Waals surface area contributed by atoms with E-state index in [2.05, 4.69) is 31.0 Å². The summed E-state index contributed by atoms with van der Waals surface area (Å²) in [5, 5.41) is -2.47. The van der Waals surface area contributed by atoms with Gasteiger partial charge in [-0.3, -0.25) is 14.5 Å². The number of nitrogens with two attached hydrogens (primary N) is 1. The summed E-state index contributed by atoms with van der Waals surface area (Å²) in [6, 6.07) is 0. The van der Waals surface area contributed by atoms with Crippen molar-refractivity contribution >= 4 is 35.7 Å². The normalized spacial score (nSPS) is 12.9. The molecule has 0 radical (unpaired) electrons. The molecule has 0 saturated heterocycles. The maximum absolute atomic E-state index is 12.4. The second-order valence-electron chi connectivity index (χ2n) is 2.44. The van der Waals surface area contributed by atoms with Gasteiger partial charge in [-0.05, 0) is 0 Å². The molecule has 0 rings (SSSR count). The van der Waals surface area contributed by atoms with E-state index in [0.717, 1.165) is 0 Å². The zero-order chi connectivity index (χ0) is 15.0. The van der Waals surface area contributed by atoms with Crippen molar-refractivity contribution in [2.45, 2.75) is 25.4 Å². The third kappa shape index (κ3) is 11.4. The van der Waals surface area contributed by atoms with Crippen molar-refractivity contribution in [3.05, 3.63) is 0 Å². The Bertz CT molecular complexity index is 276. The van der Waals surface area contributed by atoms with Gasteiger partial charge in [0.1, 0.15) is 0 Å². The Hall–Kier alpha value is -0.183. The number of hydrogen-bond donors (Lipinski definition) is 3. The largest absolute Gasteiger partial charge is 1.00 e. The van der Waals surface area contributed by atoms with Gasteiger partial charge >= 0.3 is 18.9 Å². The quantitative estimate of drug-likeness (QED) is 0.284. The topological polar surface area (TPSA) is 63.4 Å². The summed E-state index contributed by atoms with van der Waals surface area (Å²) in [4.78, 5) is 18.4. The molecule has 13 heteroatoms. The van der Waals surface area contributed by atoms with E-state index in [-0.39, 0.29) is 20.3 Å². The van der Waals surface area contributed by atoms with E-state index in [1.165, 1.54) is 0 Å². The molecule has 0 heterocycles. The van der Waals surface area contributed by atoms with E-state index in [4.69, 9.17) is 4.79 Å². The Balaban J connectivity index is -0.000000188. The van der Waals surface area contributed by atoms with Crippen LogP contribution in [0.5, 0.6) is 0 Å². The Morgan fingerprint density at radius 3 is 1.26 bits per heavy atom. The van der Waals surface area contributed by atoms with E-state index in [9.17, 15) is 31.1 Å². The first-order chi connectivity index (χ1) is 8.02. The van der Waals surface area contributed by atoms with Crippen molar-refractivity contribution in [2.24, 2.45) is 5.73 Å². The fourth-order valence-electron chi connectivity index (χ4n) is 0.590. The van der Waals surface area contributed by atoms with Gasteiger partial charge in [0, 0.05) is 0 Å². The molecule has 2 unspecified atom stereocenters. The zero-order valence-corrected chi connectivity index (χ0v) is 11.1. The molecule has 2 N–H and O–H groups in total. The molecular weight excluding hydrogens is 317 g/mol. The molecule has 0 bridgehead atoms. The Morgan fingerprint density at radius 1 is 0.947 bits per heavy atom. The van der Waals surface area contributed by atoms with Crippen molar-refractivity contribution < 1.29 is 56.2 Å². The number of carbonyl (C=O) groups is 2. The van der Waals surface area contributed by atoms with Gasteiger partial charge in [-0.15, -0.1) is 0 Å². The van der Waals surface area contributed by atoms with Crippen LogP contribution in [-0.4, -0.2) is 40.8 Å². The van der Waals surface area contributed by atoms with Gasteiger partial charge in [0.15, 0.2) is 0 Å². The summed E-state index contributed by atoms with van der Waals surface area (Å²) in [6.45, 7) is 0. The van der Waals surface area contributed by atoms with E-state index in [1.54, 1.807) is 0 Å². The minimum atomic E-state index is -3.77. The maximum atomic E-state index is 12.4. The molecule has 0 fully saturated rings. The summed E-state index contributed by atoms with van der Waals surface area (Å²) in [5.74, 6) is 0. The first kappa shape index (κ1) is 23.9. The van der Waals surface area contributed by atoms with Crippen molar-refractivity contribution in [3.8, 4) is 0 Å². The summed E-state index contributed by atoms with van der Waals surface area (Å²) in [5.41, 5.74) is 4.34. The average Bonchev–Trinajstić information content (AvgIpc) is 2.15. The molecule has 0 saturated carbocycles. The van der Waals surface area contributed by atoms with Crippen LogP contribution in [0.4, 0.5) is 35.9 Å². The molecule has 0 aromatic carbocycles. The summed E-state index contributed by atoms with van der Waals surface area (Å²) < 4.78 is 71.4. The van der Waals surface area contributed by atoms with Crippen LogP contribution >= 0.6 is 25.3 Å². The molecule has 0 aliphatic heterocycles. The van der Waals surface area contributed by atoms with Crippen LogP contribution in [0.1, 0.15) is 1.43 Å². The van der Waals surface area contributed by atoms with Gasteiger partial charge in [-0.1, -0.05) is 25.3 Å².